The topological polar surface area (TPSA) is 26.7 Å². The van der Waals surface area contributed by atoms with E-state index < -0.39 is 0 Å². The summed E-state index contributed by atoms with van der Waals surface area (Å²) in [6.07, 6.45) is 0. The summed E-state index contributed by atoms with van der Waals surface area (Å²) in [6.45, 7) is 6.38. The highest BCUT2D eigenvalue weighted by atomic mass is 16.3. The fourth-order valence-electron chi connectivity index (χ4n) is 2.28. The highest BCUT2D eigenvalue weighted by Crippen LogP contribution is 2.20. The third-order valence-electron chi connectivity index (χ3n) is 3.33. The van der Waals surface area contributed by atoms with Crippen molar-refractivity contribution in [1.82, 2.24) is 9.80 Å². The summed E-state index contributed by atoms with van der Waals surface area (Å²) >= 11 is 0. The highest BCUT2D eigenvalue weighted by Gasteiger charge is 2.21. The Balaban J connectivity index is 2.02. The predicted molar refractivity (Wildman–Crippen MR) is 65.5 cm³/mol. The van der Waals surface area contributed by atoms with Gasteiger partial charge in [0.1, 0.15) is 5.75 Å². The number of phenolic OH excluding ortho intramolecular Hbond substituents is 1. The van der Waals surface area contributed by atoms with E-state index in [-0.39, 0.29) is 0 Å². The van der Waals surface area contributed by atoms with Gasteiger partial charge in [-0.25, -0.2) is 0 Å². The number of para-hydroxylation sites is 1. The molecule has 0 saturated carbocycles. The third-order valence-corrected chi connectivity index (χ3v) is 3.33. The number of hydrogen-bond acceptors (Lipinski definition) is 3. The Hall–Kier alpha value is -1.06. The highest BCUT2D eigenvalue weighted by molar-refractivity contribution is 5.31. The molecule has 88 valence electrons. The molecule has 1 aromatic rings. The molecule has 0 radical (unpaired) electrons. The molecule has 1 N–H and O–H groups in total. The second-order valence-corrected chi connectivity index (χ2v) is 4.71. The molecule has 1 aliphatic heterocycles. The monoisotopic (exact) mass is 220 g/mol. The fourth-order valence-corrected chi connectivity index (χ4v) is 2.28. The van der Waals surface area contributed by atoms with Gasteiger partial charge in [0.05, 0.1) is 0 Å². The van der Waals surface area contributed by atoms with Gasteiger partial charge in [0.15, 0.2) is 0 Å². The van der Waals surface area contributed by atoms with Crippen LogP contribution >= 0.6 is 0 Å². The lowest BCUT2D eigenvalue weighted by atomic mass is 10.1. The van der Waals surface area contributed by atoms with E-state index in [0.717, 1.165) is 31.7 Å². The van der Waals surface area contributed by atoms with Crippen molar-refractivity contribution in [3.63, 3.8) is 0 Å². The standard InChI is InChI=1S/C13H20N2O/c1-11-9-14(2)7-8-15(11)10-12-5-3-4-6-13(12)16/h3-6,11,16H,7-10H2,1-2H3. The van der Waals surface area contributed by atoms with E-state index in [1.54, 1.807) is 6.07 Å². The molecule has 1 unspecified atom stereocenters. The van der Waals surface area contributed by atoms with E-state index in [9.17, 15) is 5.11 Å². The summed E-state index contributed by atoms with van der Waals surface area (Å²) in [5, 5.41) is 9.74. The summed E-state index contributed by atoms with van der Waals surface area (Å²) in [4.78, 5) is 4.78. The summed E-state index contributed by atoms with van der Waals surface area (Å²) < 4.78 is 0. The van der Waals surface area contributed by atoms with Gasteiger partial charge < -0.3 is 10.0 Å². The molecule has 0 aliphatic carbocycles. The normalized spacial score (nSPS) is 23.5. The first kappa shape index (κ1) is 11.4. The average molecular weight is 220 g/mol. The van der Waals surface area contributed by atoms with Crippen LogP contribution in [0.2, 0.25) is 0 Å². The van der Waals surface area contributed by atoms with Crippen LogP contribution in [0.3, 0.4) is 0 Å². The van der Waals surface area contributed by atoms with E-state index in [4.69, 9.17) is 0 Å². The third kappa shape index (κ3) is 2.54. The first-order valence-electron chi connectivity index (χ1n) is 5.86. The lowest BCUT2D eigenvalue weighted by Crippen LogP contribution is -2.49. The molecule has 0 bridgehead atoms. The van der Waals surface area contributed by atoms with Crippen LogP contribution in [-0.4, -0.2) is 47.6 Å². The SMILES string of the molecule is CC1CN(C)CCN1Cc1ccccc1O. The number of benzene rings is 1. The molecule has 1 aromatic carbocycles. The Kier molecular flexibility index (Phi) is 3.46. The number of piperazine rings is 1. The second kappa shape index (κ2) is 4.85. The lowest BCUT2D eigenvalue weighted by molar-refractivity contribution is 0.0931. The minimum Gasteiger partial charge on any atom is -0.508 e. The summed E-state index contributed by atoms with van der Waals surface area (Å²) in [5.41, 5.74) is 1.03. The van der Waals surface area contributed by atoms with Crippen molar-refractivity contribution in [2.45, 2.75) is 19.5 Å². The first-order valence-corrected chi connectivity index (χ1v) is 5.86. The molecule has 16 heavy (non-hydrogen) atoms. The van der Waals surface area contributed by atoms with Crippen LogP contribution in [0.25, 0.3) is 0 Å². The quantitative estimate of drug-likeness (QED) is 0.819. The van der Waals surface area contributed by atoms with Crippen LogP contribution in [0, 0.1) is 0 Å². The Bertz CT molecular complexity index is 354. The summed E-state index contributed by atoms with van der Waals surface area (Å²) in [5.74, 6) is 0.411. The maximum atomic E-state index is 9.74. The van der Waals surface area contributed by atoms with Gasteiger partial charge in [0.2, 0.25) is 0 Å². The molecule has 3 heteroatoms. The zero-order valence-electron chi connectivity index (χ0n) is 10.1. The van der Waals surface area contributed by atoms with Gasteiger partial charge >= 0.3 is 0 Å². The van der Waals surface area contributed by atoms with E-state index in [1.807, 2.05) is 18.2 Å². The van der Waals surface area contributed by atoms with Crippen LogP contribution < -0.4 is 0 Å². The van der Waals surface area contributed by atoms with Gasteiger partial charge in [-0.15, -0.1) is 0 Å². The molecule has 1 aliphatic rings. The van der Waals surface area contributed by atoms with Crippen molar-refractivity contribution < 1.29 is 5.11 Å². The zero-order chi connectivity index (χ0) is 11.5. The van der Waals surface area contributed by atoms with Crippen molar-refractivity contribution >= 4 is 0 Å². The van der Waals surface area contributed by atoms with Crippen molar-refractivity contribution in [3.8, 4) is 5.75 Å². The number of phenols is 1. The van der Waals surface area contributed by atoms with Crippen LogP contribution in [-0.2, 0) is 6.54 Å². The molecule has 0 aromatic heterocycles. The molecule has 0 amide bonds. The van der Waals surface area contributed by atoms with E-state index in [2.05, 4.69) is 23.8 Å². The Morgan fingerprint density at radius 1 is 1.31 bits per heavy atom. The lowest BCUT2D eigenvalue weighted by Gasteiger charge is -2.38. The first-order chi connectivity index (χ1) is 7.66. The minimum atomic E-state index is 0.411. The van der Waals surface area contributed by atoms with Gasteiger partial charge in [-0.1, -0.05) is 18.2 Å². The van der Waals surface area contributed by atoms with Gasteiger partial charge in [-0.2, -0.15) is 0 Å². The fraction of sp³-hybridized carbons (Fsp3) is 0.538. The van der Waals surface area contributed by atoms with Crippen LogP contribution in [0.1, 0.15) is 12.5 Å². The molecular formula is C13H20N2O. The average Bonchev–Trinajstić information content (AvgIpc) is 2.25. The van der Waals surface area contributed by atoms with Gasteiger partial charge in [0.25, 0.3) is 0 Å². The van der Waals surface area contributed by atoms with Crippen molar-refractivity contribution in [1.29, 1.82) is 0 Å². The van der Waals surface area contributed by atoms with Crippen molar-refractivity contribution in [3.05, 3.63) is 29.8 Å². The molecule has 3 nitrogen and oxygen atoms in total. The Labute approximate surface area is 97.3 Å². The second-order valence-electron chi connectivity index (χ2n) is 4.71. The summed E-state index contributed by atoms with van der Waals surface area (Å²) in [6, 6.07) is 8.16. The van der Waals surface area contributed by atoms with E-state index in [1.165, 1.54) is 0 Å². The molecule has 2 rings (SSSR count). The molecular weight excluding hydrogens is 200 g/mol. The zero-order valence-corrected chi connectivity index (χ0v) is 10.1. The largest absolute Gasteiger partial charge is 0.508 e. The smallest absolute Gasteiger partial charge is 0.120 e. The van der Waals surface area contributed by atoms with Crippen LogP contribution in [0.4, 0.5) is 0 Å². The van der Waals surface area contributed by atoms with E-state index in [0.29, 0.717) is 11.8 Å². The van der Waals surface area contributed by atoms with E-state index >= 15 is 0 Å². The predicted octanol–water partition coefficient (Wildman–Crippen LogP) is 1.53. The number of aromatic hydroxyl groups is 1. The van der Waals surface area contributed by atoms with Crippen LogP contribution in [0.5, 0.6) is 5.75 Å². The maximum Gasteiger partial charge on any atom is 0.120 e. The van der Waals surface area contributed by atoms with Crippen molar-refractivity contribution in [2.24, 2.45) is 0 Å². The van der Waals surface area contributed by atoms with Gasteiger partial charge in [-0.05, 0) is 20.0 Å². The van der Waals surface area contributed by atoms with Crippen LogP contribution in [0.15, 0.2) is 24.3 Å². The molecule has 1 saturated heterocycles. The molecule has 1 atom stereocenters. The number of rotatable bonds is 2. The number of hydrogen-bond donors (Lipinski definition) is 1. The van der Waals surface area contributed by atoms with Gasteiger partial charge in [0, 0.05) is 37.8 Å². The maximum absolute atomic E-state index is 9.74. The number of nitrogens with zero attached hydrogens (tertiary/aromatic N) is 2. The van der Waals surface area contributed by atoms with Gasteiger partial charge in [-0.3, -0.25) is 4.90 Å². The Morgan fingerprint density at radius 2 is 2.06 bits per heavy atom. The number of likely N-dealkylation sites (N-methyl/N-ethyl adjacent to an activating group) is 1. The summed E-state index contributed by atoms with van der Waals surface area (Å²) in [7, 11) is 2.16. The molecule has 1 heterocycles. The van der Waals surface area contributed by atoms with Crippen molar-refractivity contribution in [2.75, 3.05) is 26.7 Å². The molecule has 0 spiro atoms. The minimum absolute atomic E-state index is 0.411. The Morgan fingerprint density at radius 3 is 2.75 bits per heavy atom. The molecule has 1 fully saturated rings.